The third-order valence-electron chi connectivity index (χ3n) is 3.63. The molecule has 1 aromatic carbocycles. The van der Waals surface area contributed by atoms with Crippen molar-refractivity contribution in [2.45, 2.75) is 13.8 Å². The lowest BCUT2D eigenvalue weighted by Gasteiger charge is -2.08. The Hall–Kier alpha value is -3.55. The van der Waals surface area contributed by atoms with Gasteiger partial charge < -0.3 is 0 Å². The Morgan fingerprint density at radius 1 is 0.962 bits per heavy atom. The minimum absolute atomic E-state index is 0.227. The Kier molecular flexibility index (Phi) is 4.74. The molecule has 2 heterocycles. The number of hydrogen-bond acceptors (Lipinski definition) is 4. The number of nitrogens with one attached hydrogen (secondary N) is 2. The van der Waals surface area contributed by atoms with E-state index in [1.807, 2.05) is 19.9 Å². The van der Waals surface area contributed by atoms with Gasteiger partial charge in [0, 0.05) is 17.5 Å². The predicted octanol–water partition coefficient (Wildman–Crippen LogP) is 2.10. The second-order valence-electron chi connectivity index (χ2n) is 5.66. The van der Waals surface area contributed by atoms with Gasteiger partial charge in [-0.05, 0) is 56.3 Å². The Morgan fingerprint density at radius 3 is 2.12 bits per heavy atom. The molecule has 0 aliphatic carbocycles. The summed E-state index contributed by atoms with van der Waals surface area (Å²) >= 11 is 0. The van der Waals surface area contributed by atoms with E-state index in [2.05, 4.69) is 20.9 Å². The van der Waals surface area contributed by atoms with Crippen LogP contribution in [0.15, 0.2) is 48.7 Å². The van der Waals surface area contributed by atoms with E-state index in [1.54, 1.807) is 16.8 Å². The minimum atomic E-state index is -0.550. The van der Waals surface area contributed by atoms with Gasteiger partial charge in [-0.2, -0.15) is 5.10 Å². The van der Waals surface area contributed by atoms with Crippen molar-refractivity contribution in [2.75, 3.05) is 0 Å². The summed E-state index contributed by atoms with van der Waals surface area (Å²) in [6, 6.07) is 10.1. The summed E-state index contributed by atoms with van der Waals surface area (Å²) in [6.07, 6.45) is 1.39. The van der Waals surface area contributed by atoms with Crippen LogP contribution < -0.4 is 10.9 Å². The molecule has 7 nitrogen and oxygen atoms in total. The summed E-state index contributed by atoms with van der Waals surface area (Å²) in [5.74, 6) is -0.930. The van der Waals surface area contributed by atoms with Crippen molar-refractivity contribution in [3.05, 3.63) is 77.0 Å². The van der Waals surface area contributed by atoms with Crippen molar-refractivity contribution in [1.82, 2.24) is 25.6 Å². The fourth-order valence-electron chi connectivity index (χ4n) is 2.37. The maximum atomic E-state index is 12.9. The van der Waals surface area contributed by atoms with E-state index < -0.39 is 17.6 Å². The molecular formula is C18H16FN5O2. The molecule has 0 fully saturated rings. The molecule has 0 atom stereocenters. The molecule has 3 rings (SSSR count). The van der Waals surface area contributed by atoms with Crippen LogP contribution in [0.5, 0.6) is 0 Å². The highest BCUT2D eigenvalue weighted by molar-refractivity contribution is 5.98. The van der Waals surface area contributed by atoms with E-state index >= 15 is 0 Å². The molecule has 26 heavy (non-hydrogen) atoms. The number of carbonyl (C=O) groups excluding carboxylic acids is 2. The molecule has 0 spiro atoms. The first kappa shape index (κ1) is 17.3. The van der Waals surface area contributed by atoms with Crippen molar-refractivity contribution in [3.8, 4) is 5.82 Å². The van der Waals surface area contributed by atoms with Gasteiger partial charge in [-0.1, -0.05) is 0 Å². The number of hydrazine groups is 1. The van der Waals surface area contributed by atoms with Crippen LogP contribution in [-0.4, -0.2) is 26.6 Å². The summed E-state index contributed by atoms with van der Waals surface area (Å²) in [4.78, 5) is 28.2. The van der Waals surface area contributed by atoms with Crippen LogP contribution >= 0.6 is 0 Å². The quantitative estimate of drug-likeness (QED) is 0.706. The molecular weight excluding hydrogens is 337 g/mol. The van der Waals surface area contributed by atoms with E-state index in [0.717, 1.165) is 11.4 Å². The lowest BCUT2D eigenvalue weighted by Crippen LogP contribution is -2.41. The second-order valence-corrected chi connectivity index (χ2v) is 5.66. The van der Waals surface area contributed by atoms with Gasteiger partial charge in [0.2, 0.25) is 0 Å². The summed E-state index contributed by atoms with van der Waals surface area (Å²) < 4.78 is 14.5. The summed E-state index contributed by atoms with van der Waals surface area (Å²) in [5.41, 5.74) is 6.86. The number of benzene rings is 1. The van der Waals surface area contributed by atoms with Gasteiger partial charge in [-0.15, -0.1) is 0 Å². The zero-order chi connectivity index (χ0) is 18.7. The average Bonchev–Trinajstić information content (AvgIpc) is 2.98. The number of pyridine rings is 1. The number of hydrogen-bond donors (Lipinski definition) is 2. The lowest BCUT2D eigenvalue weighted by molar-refractivity contribution is 0.0846. The van der Waals surface area contributed by atoms with Gasteiger partial charge >= 0.3 is 0 Å². The van der Waals surface area contributed by atoms with Crippen molar-refractivity contribution in [1.29, 1.82) is 0 Å². The van der Waals surface area contributed by atoms with E-state index in [0.29, 0.717) is 5.82 Å². The molecule has 0 saturated heterocycles. The molecule has 0 aliphatic heterocycles. The Balaban J connectivity index is 1.64. The lowest BCUT2D eigenvalue weighted by atomic mass is 10.2. The molecule has 2 aromatic heterocycles. The van der Waals surface area contributed by atoms with Gasteiger partial charge in [0.05, 0.1) is 11.3 Å². The molecule has 0 bridgehead atoms. The van der Waals surface area contributed by atoms with Crippen LogP contribution in [0.25, 0.3) is 5.82 Å². The molecule has 2 amide bonds. The van der Waals surface area contributed by atoms with Crippen LogP contribution in [0.3, 0.4) is 0 Å². The first-order valence-corrected chi connectivity index (χ1v) is 7.80. The van der Waals surface area contributed by atoms with Gasteiger partial charge in [-0.25, -0.2) is 14.1 Å². The van der Waals surface area contributed by atoms with Crippen LogP contribution in [0.4, 0.5) is 4.39 Å². The molecule has 0 unspecified atom stereocenters. The smallest absolute Gasteiger partial charge is 0.267 e. The zero-order valence-electron chi connectivity index (χ0n) is 14.2. The maximum absolute atomic E-state index is 12.9. The number of carbonyl (C=O) groups is 2. The highest BCUT2D eigenvalue weighted by Crippen LogP contribution is 2.10. The van der Waals surface area contributed by atoms with Crippen molar-refractivity contribution < 1.29 is 14.0 Å². The molecule has 3 aromatic rings. The van der Waals surface area contributed by atoms with Crippen LogP contribution in [0, 0.1) is 19.7 Å². The average molecular weight is 353 g/mol. The van der Waals surface area contributed by atoms with Gasteiger partial charge in [0.25, 0.3) is 11.8 Å². The summed E-state index contributed by atoms with van der Waals surface area (Å²) in [6.45, 7) is 3.79. The monoisotopic (exact) mass is 353 g/mol. The topological polar surface area (TPSA) is 88.9 Å². The van der Waals surface area contributed by atoms with Crippen LogP contribution in [0.1, 0.15) is 32.1 Å². The van der Waals surface area contributed by atoms with Gasteiger partial charge in [0.15, 0.2) is 5.82 Å². The van der Waals surface area contributed by atoms with Crippen molar-refractivity contribution in [2.24, 2.45) is 0 Å². The minimum Gasteiger partial charge on any atom is -0.267 e. The molecule has 0 radical (unpaired) electrons. The normalized spacial score (nSPS) is 10.4. The molecule has 0 aliphatic rings. The van der Waals surface area contributed by atoms with Crippen molar-refractivity contribution in [3.63, 3.8) is 0 Å². The summed E-state index contributed by atoms with van der Waals surface area (Å²) in [7, 11) is 0. The van der Waals surface area contributed by atoms with Gasteiger partial charge in [-0.3, -0.25) is 20.4 Å². The number of aromatic nitrogens is 3. The number of aryl methyl sites for hydroxylation is 2. The van der Waals surface area contributed by atoms with E-state index in [9.17, 15) is 14.0 Å². The number of rotatable bonds is 3. The zero-order valence-corrected chi connectivity index (χ0v) is 14.2. The van der Waals surface area contributed by atoms with E-state index in [1.165, 1.54) is 30.5 Å². The third kappa shape index (κ3) is 3.75. The standard InChI is InChI=1S/C18H16FN5O2/c1-11-9-12(2)24(23-11)16-8-5-14(10-20-16)18(26)22-21-17(25)13-3-6-15(19)7-4-13/h3-10H,1-2H3,(H,21,25)(H,22,26). The largest absolute Gasteiger partial charge is 0.271 e. The fourth-order valence-corrected chi connectivity index (χ4v) is 2.37. The molecule has 2 N–H and O–H groups in total. The first-order chi connectivity index (χ1) is 12.4. The summed E-state index contributed by atoms with van der Waals surface area (Å²) in [5, 5.41) is 4.32. The first-order valence-electron chi connectivity index (χ1n) is 7.80. The van der Waals surface area contributed by atoms with E-state index in [4.69, 9.17) is 0 Å². The maximum Gasteiger partial charge on any atom is 0.271 e. The van der Waals surface area contributed by atoms with Crippen LogP contribution in [-0.2, 0) is 0 Å². The molecule has 132 valence electrons. The van der Waals surface area contributed by atoms with Crippen LogP contribution in [0.2, 0.25) is 0 Å². The Bertz CT molecular complexity index is 949. The highest BCUT2D eigenvalue weighted by atomic mass is 19.1. The number of amides is 2. The molecule has 8 heteroatoms. The predicted molar refractivity (Wildman–Crippen MR) is 92.2 cm³/mol. The van der Waals surface area contributed by atoms with E-state index in [-0.39, 0.29) is 11.1 Å². The fraction of sp³-hybridized carbons (Fsp3) is 0.111. The SMILES string of the molecule is Cc1cc(C)n(-c2ccc(C(=O)NNC(=O)c3ccc(F)cc3)cn2)n1. The third-order valence-corrected chi connectivity index (χ3v) is 3.63. The highest BCUT2D eigenvalue weighted by Gasteiger charge is 2.11. The number of nitrogens with zero attached hydrogens (tertiary/aromatic N) is 3. The Labute approximate surface area is 148 Å². The Morgan fingerprint density at radius 2 is 1.58 bits per heavy atom. The van der Waals surface area contributed by atoms with Crippen molar-refractivity contribution >= 4 is 11.8 Å². The van der Waals surface area contributed by atoms with Gasteiger partial charge in [0.1, 0.15) is 5.82 Å². The second kappa shape index (κ2) is 7.14. The molecule has 0 saturated carbocycles. The number of halogens is 1.